The molecule has 0 heterocycles. The summed E-state index contributed by atoms with van der Waals surface area (Å²) in [6, 6.07) is 5.61. The number of halogens is 1. The van der Waals surface area contributed by atoms with E-state index in [4.69, 9.17) is 17.3 Å². The Bertz CT molecular complexity index is 472. The van der Waals surface area contributed by atoms with Gasteiger partial charge in [0.1, 0.15) is 0 Å². The molecule has 4 nitrogen and oxygen atoms in total. The first-order valence-electron chi connectivity index (χ1n) is 7.11. The van der Waals surface area contributed by atoms with Crippen LogP contribution in [0.2, 0.25) is 5.02 Å². The van der Waals surface area contributed by atoms with Gasteiger partial charge in [-0.1, -0.05) is 24.4 Å². The predicted molar refractivity (Wildman–Crippen MR) is 83.1 cm³/mol. The number of carbonyl (C=O) groups excluding carboxylic acids is 1. The summed E-state index contributed by atoms with van der Waals surface area (Å²) in [5.41, 5.74) is 6.69. The normalized spacial score (nSPS) is 15.8. The van der Waals surface area contributed by atoms with Crippen molar-refractivity contribution in [1.82, 2.24) is 10.2 Å². The molecule has 0 radical (unpaired) electrons. The van der Waals surface area contributed by atoms with Crippen LogP contribution in [0.3, 0.4) is 0 Å². The number of nitrogens with two attached hydrogens (primary N) is 1. The molecule has 1 aromatic carbocycles. The average Bonchev–Trinajstić information content (AvgIpc) is 2.95. The van der Waals surface area contributed by atoms with Crippen molar-refractivity contribution in [2.24, 2.45) is 0 Å². The summed E-state index contributed by atoms with van der Waals surface area (Å²) in [6.45, 7) is 1.48. The Morgan fingerprint density at radius 3 is 2.85 bits per heavy atom. The number of nitrogens with zero attached hydrogens (tertiary/aromatic N) is 1. The first-order valence-corrected chi connectivity index (χ1v) is 7.49. The lowest BCUT2D eigenvalue weighted by molar-refractivity contribution is 0.0948. The molecule has 0 saturated heterocycles. The lowest BCUT2D eigenvalue weighted by Crippen LogP contribution is -2.37. The van der Waals surface area contributed by atoms with Gasteiger partial charge in [-0.2, -0.15) is 0 Å². The van der Waals surface area contributed by atoms with E-state index in [1.165, 1.54) is 25.7 Å². The molecule has 110 valence electrons. The summed E-state index contributed by atoms with van der Waals surface area (Å²) in [5.74, 6) is -0.162. The minimum Gasteiger partial charge on any atom is -0.398 e. The van der Waals surface area contributed by atoms with Crippen LogP contribution in [0, 0.1) is 0 Å². The molecule has 0 aromatic heterocycles. The number of carbonyl (C=O) groups is 1. The Labute approximate surface area is 125 Å². The van der Waals surface area contributed by atoms with Gasteiger partial charge in [-0.25, -0.2) is 0 Å². The Kier molecular flexibility index (Phi) is 5.26. The van der Waals surface area contributed by atoms with Crippen molar-refractivity contribution in [3.05, 3.63) is 28.8 Å². The number of anilines is 1. The molecule has 1 aliphatic rings. The van der Waals surface area contributed by atoms with Gasteiger partial charge >= 0.3 is 0 Å². The van der Waals surface area contributed by atoms with E-state index in [1.54, 1.807) is 18.2 Å². The summed E-state index contributed by atoms with van der Waals surface area (Å²) in [4.78, 5) is 14.4. The van der Waals surface area contributed by atoms with Crippen LogP contribution < -0.4 is 11.1 Å². The fourth-order valence-corrected chi connectivity index (χ4v) is 2.87. The summed E-state index contributed by atoms with van der Waals surface area (Å²) >= 11 is 5.89. The highest BCUT2D eigenvalue weighted by molar-refractivity contribution is 6.31. The Morgan fingerprint density at radius 2 is 2.15 bits per heavy atom. The van der Waals surface area contributed by atoms with Crippen molar-refractivity contribution in [3.63, 3.8) is 0 Å². The first kappa shape index (κ1) is 15.1. The van der Waals surface area contributed by atoms with Crippen LogP contribution in [0.25, 0.3) is 0 Å². The molecule has 1 amide bonds. The summed E-state index contributed by atoms with van der Waals surface area (Å²) < 4.78 is 0. The average molecular weight is 296 g/mol. The van der Waals surface area contributed by atoms with Crippen LogP contribution in [0.4, 0.5) is 5.69 Å². The fraction of sp³-hybridized carbons (Fsp3) is 0.533. The molecule has 5 heteroatoms. The summed E-state index contributed by atoms with van der Waals surface area (Å²) in [6.07, 6.45) is 5.18. The van der Waals surface area contributed by atoms with Crippen molar-refractivity contribution >= 4 is 23.2 Å². The monoisotopic (exact) mass is 295 g/mol. The van der Waals surface area contributed by atoms with E-state index in [-0.39, 0.29) is 5.91 Å². The second kappa shape index (κ2) is 6.95. The van der Waals surface area contributed by atoms with Crippen molar-refractivity contribution in [1.29, 1.82) is 0 Å². The van der Waals surface area contributed by atoms with Crippen LogP contribution >= 0.6 is 11.6 Å². The molecular formula is C15H22ClN3O. The zero-order chi connectivity index (χ0) is 14.5. The van der Waals surface area contributed by atoms with E-state index in [0.717, 1.165) is 6.54 Å². The number of hydrogen-bond acceptors (Lipinski definition) is 3. The van der Waals surface area contributed by atoms with E-state index in [0.29, 0.717) is 28.9 Å². The van der Waals surface area contributed by atoms with Crippen LogP contribution in [0.15, 0.2) is 18.2 Å². The highest BCUT2D eigenvalue weighted by atomic mass is 35.5. The van der Waals surface area contributed by atoms with Crippen molar-refractivity contribution in [2.75, 3.05) is 25.9 Å². The van der Waals surface area contributed by atoms with E-state index in [9.17, 15) is 4.79 Å². The van der Waals surface area contributed by atoms with Gasteiger partial charge < -0.3 is 16.0 Å². The van der Waals surface area contributed by atoms with E-state index < -0.39 is 0 Å². The number of nitrogen functional groups attached to an aromatic ring is 1. The third-order valence-electron chi connectivity index (χ3n) is 3.96. The second-order valence-corrected chi connectivity index (χ2v) is 5.84. The molecule has 0 atom stereocenters. The topological polar surface area (TPSA) is 58.4 Å². The fourth-order valence-electron chi connectivity index (χ4n) is 2.69. The van der Waals surface area contributed by atoms with Gasteiger partial charge in [0, 0.05) is 29.8 Å². The number of benzene rings is 1. The van der Waals surface area contributed by atoms with Crippen LogP contribution in [0.5, 0.6) is 0 Å². The molecule has 20 heavy (non-hydrogen) atoms. The highest BCUT2D eigenvalue weighted by Crippen LogP contribution is 2.22. The SMILES string of the molecule is CN(CCNC(=O)c1cc(Cl)ccc1N)C1CCCC1. The molecule has 1 fully saturated rings. The Balaban J connectivity index is 1.81. The van der Waals surface area contributed by atoms with Crippen molar-refractivity contribution in [3.8, 4) is 0 Å². The molecule has 1 aromatic rings. The minimum absolute atomic E-state index is 0.162. The van der Waals surface area contributed by atoms with Crippen molar-refractivity contribution in [2.45, 2.75) is 31.7 Å². The van der Waals surface area contributed by atoms with E-state index in [1.807, 2.05) is 0 Å². The number of hydrogen-bond donors (Lipinski definition) is 2. The maximum Gasteiger partial charge on any atom is 0.253 e. The van der Waals surface area contributed by atoms with Gasteiger partial charge in [0.2, 0.25) is 0 Å². The number of nitrogens with one attached hydrogen (secondary N) is 1. The van der Waals surface area contributed by atoms with Crippen molar-refractivity contribution < 1.29 is 4.79 Å². The Hall–Kier alpha value is -1.26. The van der Waals surface area contributed by atoms with Crippen LogP contribution in [-0.2, 0) is 0 Å². The minimum atomic E-state index is -0.162. The van der Waals surface area contributed by atoms with Gasteiger partial charge in [-0.15, -0.1) is 0 Å². The first-order chi connectivity index (χ1) is 9.58. The maximum absolute atomic E-state index is 12.1. The molecule has 2 rings (SSSR count). The number of rotatable bonds is 5. The molecule has 1 aliphatic carbocycles. The van der Waals surface area contributed by atoms with Crippen LogP contribution in [0.1, 0.15) is 36.0 Å². The quantitative estimate of drug-likeness (QED) is 0.821. The largest absolute Gasteiger partial charge is 0.398 e. The molecule has 3 N–H and O–H groups in total. The van der Waals surface area contributed by atoms with Gasteiger partial charge in [-0.3, -0.25) is 4.79 Å². The number of amides is 1. The zero-order valence-corrected chi connectivity index (χ0v) is 12.6. The standard InChI is InChI=1S/C15H22ClN3O/c1-19(12-4-2-3-5-12)9-8-18-15(20)13-10-11(16)6-7-14(13)17/h6-7,10,12H,2-5,8-9,17H2,1H3,(H,18,20). The molecule has 0 spiro atoms. The lowest BCUT2D eigenvalue weighted by Gasteiger charge is -2.23. The Morgan fingerprint density at radius 1 is 1.45 bits per heavy atom. The van der Waals surface area contributed by atoms with Gasteiger partial charge in [0.25, 0.3) is 5.91 Å². The third kappa shape index (κ3) is 3.87. The van der Waals surface area contributed by atoms with Crippen LogP contribution in [-0.4, -0.2) is 37.0 Å². The highest BCUT2D eigenvalue weighted by Gasteiger charge is 2.19. The van der Waals surface area contributed by atoms with Gasteiger partial charge in [-0.05, 0) is 38.1 Å². The molecule has 1 saturated carbocycles. The lowest BCUT2D eigenvalue weighted by atomic mass is 10.1. The third-order valence-corrected chi connectivity index (χ3v) is 4.19. The maximum atomic E-state index is 12.1. The molecule has 0 bridgehead atoms. The smallest absolute Gasteiger partial charge is 0.253 e. The predicted octanol–water partition coefficient (Wildman–Crippen LogP) is 2.53. The molecule has 0 unspecified atom stereocenters. The van der Waals surface area contributed by atoms with Gasteiger partial charge in [0.15, 0.2) is 0 Å². The van der Waals surface area contributed by atoms with E-state index in [2.05, 4.69) is 17.3 Å². The summed E-state index contributed by atoms with van der Waals surface area (Å²) in [7, 11) is 2.12. The zero-order valence-electron chi connectivity index (χ0n) is 11.9. The second-order valence-electron chi connectivity index (χ2n) is 5.41. The number of likely N-dealkylation sites (N-methyl/N-ethyl adjacent to an activating group) is 1. The summed E-state index contributed by atoms with van der Waals surface area (Å²) in [5, 5.41) is 3.42. The van der Waals surface area contributed by atoms with E-state index >= 15 is 0 Å². The van der Waals surface area contributed by atoms with Gasteiger partial charge in [0.05, 0.1) is 5.56 Å². The molecule has 0 aliphatic heterocycles. The molecular weight excluding hydrogens is 274 g/mol.